The summed E-state index contributed by atoms with van der Waals surface area (Å²) in [6.45, 7) is 13.8. The van der Waals surface area contributed by atoms with Crippen molar-refractivity contribution in [2.24, 2.45) is 11.8 Å². The molecule has 2 fully saturated rings. The van der Waals surface area contributed by atoms with Crippen molar-refractivity contribution in [2.45, 2.75) is 104 Å². The largest absolute Gasteiger partial charge is 0.493 e. The van der Waals surface area contributed by atoms with Gasteiger partial charge in [0.2, 0.25) is 17.7 Å². The number of anilines is 2. The first-order valence-corrected chi connectivity index (χ1v) is 15.5. The highest BCUT2D eigenvalue weighted by atomic mass is 35.5. The molecule has 2 atom stereocenters. The lowest BCUT2D eigenvalue weighted by Crippen LogP contribution is -2.31. The van der Waals surface area contributed by atoms with E-state index in [2.05, 4.69) is 65.1 Å². The fraction of sp³-hybridized carbons (Fsp3) is 0.559. The minimum atomic E-state index is -0.261. The zero-order valence-corrected chi connectivity index (χ0v) is 26.2. The molecule has 1 aliphatic carbocycles. The van der Waals surface area contributed by atoms with Gasteiger partial charge in [-0.25, -0.2) is 4.90 Å². The summed E-state index contributed by atoms with van der Waals surface area (Å²) in [4.78, 5) is 40.1. The fourth-order valence-electron chi connectivity index (χ4n) is 5.80. The summed E-state index contributed by atoms with van der Waals surface area (Å²) in [5.41, 5.74) is 3.41. The fourth-order valence-corrected chi connectivity index (χ4v) is 6.00. The van der Waals surface area contributed by atoms with Crippen molar-refractivity contribution < 1.29 is 19.1 Å². The number of amides is 3. The molecule has 0 bridgehead atoms. The average Bonchev–Trinajstić information content (AvgIpc) is 3.21. The van der Waals surface area contributed by atoms with Gasteiger partial charge in [-0.15, -0.1) is 0 Å². The van der Waals surface area contributed by atoms with Gasteiger partial charge in [-0.2, -0.15) is 0 Å². The summed E-state index contributed by atoms with van der Waals surface area (Å²) in [6, 6.07) is 11.5. The van der Waals surface area contributed by atoms with Crippen LogP contribution in [0.25, 0.3) is 0 Å². The minimum absolute atomic E-state index is 0.0330. The number of carbonyl (C=O) groups excluding carboxylic acids is 3. The molecule has 2 aromatic rings. The Labute approximate surface area is 250 Å². The van der Waals surface area contributed by atoms with Crippen LogP contribution < -0.4 is 15.0 Å². The summed E-state index contributed by atoms with van der Waals surface area (Å²) < 4.78 is 6.22. The molecule has 1 saturated carbocycles. The Kier molecular flexibility index (Phi) is 9.52. The molecule has 1 aliphatic heterocycles. The normalized spacial score (nSPS) is 19.3. The summed E-state index contributed by atoms with van der Waals surface area (Å²) in [7, 11) is 0. The van der Waals surface area contributed by atoms with Gasteiger partial charge in [-0.1, -0.05) is 78.1 Å². The van der Waals surface area contributed by atoms with Crippen LogP contribution in [-0.2, 0) is 25.2 Å². The quantitative estimate of drug-likeness (QED) is 0.215. The molecule has 7 heteroatoms. The van der Waals surface area contributed by atoms with Gasteiger partial charge in [0, 0.05) is 17.7 Å². The number of rotatable bonds is 11. The van der Waals surface area contributed by atoms with E-state index >= 15 is 0 Å². The first kappa shape index (κ1) is 31.1. The molecule has 4 rings (SSSR count). The Morgan fingerprint density at radius 1 is 0.951 bits per heavy atom. The van der Waals surface area contributed by atoms with E-state index < -0.39 is 0 Å². The van der Waals surface area contributed by atoms with Gasteiger partial charge < -0.3 is 10.1 Å². The molecule has 222 valence electrons. The number of nitrogens with zero attached hydrogens (tertiary/aromatic N) is 1. The van der Waals surface area contributed by atoms with E-state index in [9.17, 15) is 14.4 Å². The van der Waals surface area contributed by atoms with Crippen LogP contribution >= 0.6 is 11.6 Å². The standard InChI is InChI=1S/C34H45ClN2O4/c1-7-33(3,4)22-15-18-29(26(20-22)34(5,6)8-2)41-19-11-14-30(38)36-23-16-17-27(35)28(21-23)37-31(39)24-12-9-10-13-25(24)32(37)40/h15-18,20-21,24-25H,7-14,19H2,1-6H3,(H,36,38)/t24-,25+. The van der Waals surface area contributed by atoms with Crippen molar-refractivity contribution in [2.75, 3.05) is 16.8 Å². The molecule has 41 heavy (non-hydrogen) atoms. The second-order valence-corrected chi connectivity index (χ2v) is 13.3. The Morgan fingerprint density at radius 2 is 1.59 bits per heavy atom. The van der Waals surface area contributed by atoms with E-state index in [4.69, 9.17) is 16.3 Å². The molecule has 6 nitrogen and oxygen atoms in total. The van der Waals surface area contributed by atoms with E-state index in [0.29, 0.717) is 29.4 Å². The van der Waals surface area contributed by atoms with Crippen LogP contribution in [0.1, 0.15) is 104 Å². The molecule has 2 aromatic carbocycles. The number of benzene rings is 2. The molecule has 0 radical (unpaired) electrons. The van der Waals surface area contributed by atoms with Gasteiger partial charge in [0.1, 0.15) is 5.75 Å². The summed E-state index contributed by atoms with van der Waals surface area (Å²) in [6.07, 6.45) is 6.25. The van der Waals surface area contributed by atoms with Crippen molar-refractivity contribution in [1.82, 2.24) is 0 Å². The topological polar surface area (TPSA) is 75.7 Å². The van der Waals surface area contributed by atoms with Crippen LogP contribution in [0.3, 0.4) is 0 Å². The number of fused-ring (bicyclic) bond motifs is 1. The molecule has 3 amide bonds. The molecular weight excluding hydrogens is 536 g/mol. The number of ether oxygens (including phenoxy) is 1. The number of halogens is 1. The van der Waals surface area contributed by atoms with Crippen LogP contribution in [0.4, 0.5) is 11.4 Å². The summed E-state index contributed by atoms with van der Waals surface area (Å²) in [5.74, 6) is -0.176. The second kappa shape index (κ2) is 12.6. The van der Waals surface area contributed by atoms with E-state index in [1.54, 1.807) is 18.2 Å². The Balaban J connectivity index is 1.37. The molecule has 1 heterocycles. The van der Waals surface area contributed by atoms with Crippen molar-refractivity contribution in [3.63, 3.8) is 0 Å². The third-order valence-electron chi connectivity index (χ3n) is 9.38. The van der Waals surface area contributed by atoms with Crippen LogP contribution in [0.15, 0.2) is 36.4 Å². The molecule has 1 N–H and O–H groups in total. The Bertz CT molecular complexity index is 1280. The maximum Gasteiger partial charge on any atom is 0.237 e. The van der Waals surface area contributed by atoms with Crippen molar-refractivity contribution in [3.05, 3.63) is 52.5 Å². The van der Waals surface area contributed by atoms with Gasteiger partial charge in [0.05, 0.1) is 29.2 Å². The molecule has 1 saturated heterocycles. The van der Waals surface area contributed by atoms with E-state index in [1.165, 1.54) is 16.0 Å². The van der Waals surface area contributed by atoms with Crippen LogP contribution in [0, 0.1) is 11.8 Å². The van der Waals surface area contributed by atoms with Gasteiger partial charge in [0.15, 0.2) is 0 Å². The van der Waals surface area contributed by atoms with Crippen molar-refractivity contribution in [3.8, 4) is 5.75 Å². The maximum atomic E-state index is 13.1. The lowest BCUT2D eigenvalue weighted by molar-refractivity contribution is -0.122. The number of carbonyl (C=O) groups is 3. The Morgan fingerprint density at radius 3 is 2.20 bits per heavy atom. The average molecular weight is 581 g/mol. The van der Waals surface area contributed by atoms with E-state index in [-0.39, 0.29) is 46.8 Å². The lowest BCUT2D eigenvalue weighted by Gasteiger charge is -2.30. The lowest BCUT2D eigenvalue weighted by atomic mass is 9.76. The van der Waals surface area contributed by atoms with Crippen LogP contribution in [0.2, 0.25) is 5.02 Å². The second-order valence-electron chi connectivity index (χ2n) is 12.9. The Hall–Kier alpha value is -2.86. The SMILES string of the molecule is CCC(C)(C)c1ccc(OCCCC(=O)Nc2ccc(Cl)c(N3C(=O)[C@H]4CCCC[C@H]4C3=O)c2)c(C(C)(C)CC)c1. The highest BCUT2D eigenvalue weighted by Gasteiger charge is 2.49. The smallest absolute Gasteiger partial charge is 0.237 e. The van der Waals surface area contributed by atoms with Gasteiger partial charge in [0.25, 0.3) is 0 Å². The molecule has 0 unspecified atom stereocenters. The molecular formula is C34H45ClN2O4. The first-order chi connectivity index (χ1) is 19.4. The van der Waals surface area contributed by atoms with E-state index in [0.717, 1.165) is 44.3 Å². The number of hydrogen-bond donors (Lipinski definition) is 1. The zero-order chi connectivity index (χ0) is 29.9. The highest BCUT2D eigenvalue weighted by molar-refractivity contribution is 6.36. The summed E-state index contributed by atoms with van der Waals surface area (Å²) >= 11 is 6.42. The summed E-state index contributed by atoms with van der Waals surface area (Å²) in [5, 5.41) is 3.21. The van der Waals surface area contributed by atoms with Gasteiger partial charge in [-0.3, -0.25) is 14.4 Å². The maximum absolute atomic E-state index is 13.1. The number of imide groups is 1. The monoisotopic (exact) mass is 580 g/mol. The van der Waals surface area contributed by atoms with Crippen LogP contribution in [0.5, 0.6) is 5.75 Å². The van der Waals surface area contributed by atoms with Crippen molar-refractivity contribution >= 4 is 40.7 Å². The predicted octanol–water partition coefficient (Wildman–Crippen LogP) is 8.19. The first-order valence-electron chi connectivity index (χ1n) is 15.1. The zero-order valence-electron chi connectivity index (χ0n) is 25.4. The highest BCUT2D eigenvalue weighted by Crippen LogP contribution is 2.43. The molecule has 2 aliphatic rings. The number of hydrogen-bond acceptors (Lipinski definition) is 4. The number of nitrogens with one attached hydrogen (secondary N) is 1. The molecule has 0 aromatic heterocycles. The van der Waals surface area contributed by atoms with Crippen molar-refractivity contribution in [1.29, 1.82) is 0 Å². The van der Waals surface area contributed by atoms with Gasteiger partial charge >= 0.3 is 0 Å². The van der Waals surface area contributed by atoms with E-state index in [1.807, 2.05) is 0 Å². The van der Waals surface area contributed by atoms with Gasteiger partial charge in [-0.05, 0) is 72.8 Å². The third kappa shape index (κ3) is 6.63. The minimum Gasteiger partial charge on any atom is -0.493 e. The molecule has 0 spiro atoms. The predicted molar refractivity (Wildman–Crippen MR) is 166 cm³/mol. The third-order valence-corrected chi connectivity index (χ3v) is 9.70. The van der Waals surface area contributed by atoms with Crippen LogP contribution in [-0.4, -0.2) is 24.3 Å².